The Hall–Kier alpha value is -2.33. The second-order valence-corrected chi connectivity index (χ2v) is 5.95. The number of carbonyl (C=O) groups excluding carboxylic acids is 2. The highest BCUT2D eigenvalue weighted by Gasteiger charge is 2.36. The molecule has 0 radical (unpaired) electrons. The highest BCUT2D eigenvalue weighted by molar-refractivity contribution is 6.52. The number of amides is 1. The maximum absolute atomic E-state index is 12.2. The molecular formula is C18H16ClNO3. The van der Waals surface area contributed by atoms with E-state index in [1.54, 1.807) is 18.2 Å². The number of nitrogens with zero attached hydrogens (tertiary/aromatic N) is 1. The van der Waals surface area contributed by atoms with Gasteiger partial charge in [0.2, 0.25) is 0 Å². The molecule has 23 heavy (non-hydrogen) atoms. The molecule has 2 aromatic carbocycles. The van der Waals surface area contributed by atoms with Crippen LogP contribution in [0.3, 0.4) is 0 Å². The van der Waals surface area contributed by atoms with Gasteiger partial charge in [-0.2, -0.15) is 0 Å². The smallest absolute Gasteiger partial charge is 0.299 e. The van der Waals surface area contributed by atoms with Crippen LogP contribution in [0.2, 0.25) is 5.02 Å². The third-order valence-electron chi connectivity index (χ3n) is 3.81. The summed E-state index contributed by atoms with van der Waals surface area (Å²) in [6.45, 7) is 4.37. The zero-order valence-corrected chi connectivity index (χ0v) is 13.7. The van der Waals surface area contributed by atoms with E-state index in [-0.39, 0.29) is 6.61 Å². The van der Waals surface area contributed by atoms with Gasteiger partial charge in [0.15, 0.2) is 0 Å². The van der Waals surface area contributed by atoms with Crippen molar-refractivity contribution in [2.45, 2.75) is 13.8 Å². The van der Waals surface area contributed by atoms with Gasteiger partial charge in [-0.1, -0.05) is 29.8 Å². The van der Waals surface area contributed by atoms with Crippen molar-refractivity contribution < 1.29 is 14.3 Å². The second kappa shape index (κ2) is 6.05. The summed E-state index contributed by atoms with van der Waals surface area (Å²) in [4.78, 5) is 25.9. The average Bonchev–Trinajstić information content (AvgIpc) is 2.74. The second-order valence-electron chi connectivity index (χ2n) is 5.54. The van der Waals surface area contributed by atoms with Crippen molar-refractivity contribution in [2.75, 3.05) is 18.1 Å². The highest BCUT2D eigenvalue weighted by Crippen LogP contribution is 2.33. The van der Waals surface area contributed by atoms with Crippen LogP contribution < -0.4 is 9.64 Å². The van der Waals surface area contributed by atoms with Crippen molar-refractivity contribution in [2.24, 2.45) is 0 Å². The molecule has 4 nitrogen and oxygen atoms in total. The molecule has 0 bridgehead atoms. The molecule has 0 aromatic heterocycles. The fraction of sp³-hybridized carbons (Fsp3) is 0.222. The summed E-state index contributed by atoms with van der Waals surface area (Å²) in [6, 6.07) is 10.9. The molecule has 0 saturated heterocycles. The molecule has 5 heteroatoms. The first kappa shape index (κ1) is 15.6. The van der Waals surface area contributed by atoms with Crippen molar-refractivity contribution in [1.29, 1.82) is 0 Å². The van der Waals surface area contributed by atoms with Gasteiger partial charge in [-0.05, 0) is 43.2 Å². The summed E-state index contributed by atoms with van der Waals surface area (Å²) in [5, 5.41) is 0.517. The lowest BCUT2D eigenvalue weighted by molar-refractivity contribution is -0.114. The Balaban J connectivity index is 1.78. The van der Waals surface area contributed by atoms with E-state index in [2.05, 4.69) is 0 Å². The van der Waals surface area contributed by atoms with Gasteiger partial charge in [0.1, 0.15) is 12.4 Å². The zero-order chi connectivity index (χ0) is 16.6. The third-order valence-corrected chi connectivity index (χ3v) is 4.12. The normalized spacial score (nSPS) is 13.4. The number of carbonyl (C=O) groups is 2. The minimum atomic E-state index is -0.503. The van der Waals surface area contributed by atoms with Crippen LogP contribution in [0.15, 0.2) is 36.4 Å². The van der Waals surface area contributed by atoms with E-state index in [4.69, 9.17) is 16.3 Å². The van der Waals surface area contributed by atoms with Gasteiger partial charge in [0.25, 0.3) is 11.7 Å². The molecule has 0 spiro atoms. The average molecular weight is 330 g/mol. The van der Waals surface area contributed by atoms with Crippen LogP contribution in [-0.2, 0) is 4.79 Å². The molecule has 0 atom stereocenters. The predicted octanol–water partition coefficient (Wildman–Crippen LogP) is 3.57. The van der Waals surface area contributed by atoms with E-state index in [0.29, 0.717) is 28.6 Å². The molecule has 2 aromatic rings. The largest absolute Gasteiger partial charge is 0.490 e. The molecule has 0 saturated carbocycles. The van der Waals surface area contributed by atoms with Gasteiger partial charge in [-0.3, -0.25) is 9.59 Å². The molecule has 3 rings (SSSR count). The topological polar surface area (TPSA) is 46.6 Å². The quantitative estimate of drug-likeness (QED) is 0.806. The molecule has 1 aliphatic rings. The Morgan fingerprint density at radius 2 is 1.87 bits per heavy atom. The number of ketones is 1. The number of benzene rings is 2. The number of halogens is 1. The molecule has 0 N–H and O–H groups in total. The van der Waals surface area contributed by atoms with E-state index in [1.807, 2.05) is 32.0 Å². The van der Waals surface area contributed by atoms with E-state index in [9.17, 15) is 9.59 Å². The third kappa shape index (κ3) is 2.82. The fourth-order valence-electron chi connectivity index (χ4n) is 2.85. The fourth-order valence-corrected chi connectivity index (χ4v) is 3.04. The maximum Gasteiger partial charge on any atom is 0.299 e. The van der Waals surface area contributed by atoms with Crippen molar-refractivity contribution in [3.05, 3.63) is 58.1 Å². The lowest BCUT2D eigenvalue weighted by Crippen LogP contribution is -2.33. The van der Waals surface area contributed by atoms with Gasteiger partial charge in [-0.15, -0.1) is 0 Å². The van der Waals surface area contributed by atoms with Crippen LogP contribution in [0.4, 0.5) is 5.69 Å². The number of ether oxygens (including phenoxy) is 1. The summed E-state index contributed by atoms with van der Waals surface area (Å²) in [6.07, 6.45) is 0. The van der Waals surface area contributed by atoms with Crippen LogP contribution >= 0.6 is 11.6 Å². The van der Waals surface area contributed by atoms with Gasteiger partial charge in [0, 0.05) is 0 Å². The van der Waals surface area contributed by atoms with E-state index >= 15 is 0 Å². The number of para-hydroxylation sites is 1. The Kier molecular flexibility index (Phi) is 4.09. The summed E-state index contributed by atoms with van der Waals surface area (Å²) in [7, 11) is 0. The standard InChI is InChI=1S/C18H16ClNO3/c1-11-9-12(2)16-13(10-11)17(21)18(22)20(16)7-8-23-15-6-4-3-5-14(15)19/h3-6,9-10H,7-8H2,1-2H3. The van der Waals surface area contributed by atoms with Crippen molar-refractivity contribution in [3.63, 3.8) is 0 Å². The monoisotopic (exact) mass is 329 g/mol. The van der Waals surface area contributed by atoms with Crippen molar-refractivity contribution in [1.82, 2.24) is 0 Å². The molecule has 0 unspecified atom stereocenters. The zero-order valence-electron chi connectivity index (χ0n) is 12.9. The minimum Gasteiger partial charge on any atom is -0.490 e. The number of hydrogen-bond acceptors (Lipinski definition) is 3. The first-order chi connectivity index (χ1) is 11.0. The molecule has 1 amide bonds. The van der Waals surface area contributed by atoms with E-state index in [0.717, 1.165) is 11.1 Å². The van der Waals surface area contributed by atoms with Gasteiger partial charge in [-0.25, -0.2) is 0 Å². The van der Waals surface area contributed by atoms with Crippen LogP contribution in [0.5, 0.6) is 5.75 Å². The summed E-state index contributed by atoms with van der Waals surface area (Å²) >= 11 is 6.04. The first-order valence-corrected chi connectivity index (χ1v) is 7.71. The lowest BCUT2D eigenvalue weighted by Gasteiger charge is -2.19. The van der Waals surface area contributed by atoms with Crippen LogP contribution in [0.25, 0.3) is 0 Å². The number of aryl methyl sites for hydroxylation is 2. The summed E-state index contributed by atoms with van der Waals surface area (Å²) < 4.78 is 5.62. The number of rotatable bonds is 4. The first-order valence-electron chi connectivity index (χ1n) is 7.34. The molecule has 1 aliphatic heterocycles. The SMILES string of the molecule is Cc1cc(C)c2c(c1)C(=O)C(=O)N2CCOc1ccccc1Cl. The van der Waals surface area contributed by atoms with Crippen LogP contribution in [0.1, 0.15) is 21.5 Å². The Bertz CT molecular complexity index is 801. The van der Waals surface area contributed by atoms with Crippen LogP contribution in [-0.4, -0.2) is 24.8 Å². The highest BCUT2D eigenvalue weighted by atomic mass is 35.5. The minimum absolute atomic E-state index is 0.259. The number of anilines is 1. The van der Waals surface area contributed by atoms with Gasteiger partial charge >= 0.3 is 0 Å². The number of hydrogen-bond donors (Lipinski definition) is 0. The number of Topliss-reactive ketones (excluding diaryl/α,β-unsaturated/α-hetero) is 1. The Labute approximate surface area is 139 Å². The van der Waals surface area contributed by atoms with E-state index in [1.165, 1.54) is 4.90 Å². The molecule has 0 aliphatic carbocycles. The van der Waals surface area contributed by atoms with Crippen molar-refractivity contribution >= 4 is 29.0 Å². The van der Waals surface area contributed by atoms with Gasteiger partial charge < -0.3 is 9.64 Å². The maximum atomic E-state index is 12.2. The predicted molar refractivity (Wildman–Crippen MR) is 89.5 cm³/mol. The molecule has 118 valence electrons. The molecule has 1 heterocycles. The Morgan fingerprint density at radius 1 is 1.13 bits per heavy atom. The van der Waals surface area contributed by atoms with E-state index < -0.39 is 11.7 Å². The number of fused-ring (bicyclic) bond motifs is 1. The van der Waals surface area contributed by atoms with Gasteiger partial charge in [0.05, 0.1) is 22.8 Å². The van der Waals surface area contributed by atoms with Crippen molar-refractivity contribution in [3.8, 4) is 5.75 Å². The Morgan fingerprint density at radius 3 is 2.61 bits per heavy atom. The molecule has 0 fully saturated rings. The lowest BCUT2D eigenvalue weighted by atomic mass is 10.0. The summed E-state index contributed by atoms with van der Waals surface area (Å²) in [5.74, 6) is -0.394. The molecular weight excluding hydrogens is 314 g/mol. The summed E-state index contributed by atoms with van der Waals surface area (Å²) in [5.41, 5.74) is 3.05. The van der Waals surface area contributed by atoms with Crippen LogP contribution in [0, 0.1) is 13.8 Å².